The maximum atomic E-state index is 10.2. The second kappa shape index (κ2) is 2.95. The van der Waals surface area contributed by atoms with Crippen molar-refractivity contribution in [3.05, 3.63) is 27.9 Å². The molecule has 0 saturated heterocycles. The van der Waals surface area contributed by atoms with Gasteiger partial charge in [0.15, 0.2) is 11.8 Å². The fraction of sp³-hybridized carbons (Fsp3) is 0. The number of carbonyl (C=O) groups excluding carboxylic acids is 1. The largest absolute Gasteiger partial charge is 0.493 e. The maximum Gasteiger partial charge on any atom is 0.286 e. The zero-order valence-electron chi connectivity index (χ0n) is 5.80. The number of aldehydes is 1. The number of hydrogen-bond donors (Lipinski definition) is 1. The molecule has 0 aromatic carbocycles. The minimum absolute atomic E-state index is 0.195. The van der Waals surface area contributed by atoms with Gasteiger partial charge < -0.3 is 5.11 Å². The highest BCUT2D eigenvalue weighted by Gasteiger charge is 2.16. The Morgan fingerprint density at radius 3 is 2.75 bits per heavy atom. The van der Waals surface area contributed by atoms with Crippen molar-refractivity contribution in [2.45, 2.75) is 0 Å². The normalized spacial score (nSPS) is 9.33. The number of aromatic nitrogens is 1. The Hall–Kier alpha value is -1.98. The van der Waals surface area contributed by atoms with Gasteiger partial charge in [0.2, 0.25) is 5.88 Å². The Bertz CT molecular complexity index is 336. The molecule has 0 atom stereocenters. The minimum Gasteiger partial charge on any atom is -0.493 e. The van der Waals surface area contributed by atoms with E-state index in [0.29, 0.717) is 0 Å². The average Bonchev–Trinajstić information content (AvgIpc) is 2.03. The Kier molecular flexibility index (Phi) is 2.00. The van der Waals surface area contributed by atoms with Gasteiger partial charge in [0, 0.05) is 12.3 Å². The Balaban J connectivity index is 3.37. The van der Waals surface area contributed by atoms with Crippen LogP contribution < -0.4 is 0 Å². The number of nitrogens with zero attached hydrogens (tertiary/aromatic N) is 2. The van der Waals surface area contributed by atoms with Gasteiger partial charge in [-0.1, -0.05) is 0 Å². The number of carbonyl (C=O) groups is 1. The smallest absolute Gasteiger partial charge is 0.286 e. The summed E-state index contributed by atoms with van der Waals surface area (Å²) >= 11 is 0. The third kappa shape index (κ3) is 1.22. The summed E-state index contributed by atoms with van der Waals surface area (Å²) in [5.74, 6) is -0.626. The molecule has 62 valence electrons. The molecule has 0 bridgehead atoms. The molecule has 0 radical (unpaired) electrons. The molecule has 1 heterocycles. The molecule has 1 aromatic rings. The molecule has 0 aliphatic rings. The van der Waals surface area contributed by atoms with Crippen molar-refractivity contribution in [3.63, 3.8) is 0 Å². The quantitative estimate of drug-likeness (QED) is 0.394. The molecule has 1 rings (SSSR count). The highest BCUT2D eigenvalue weighted by Crippen LogP contribution is 2.21. The lowest BCUT2D eigenvalue weighted by Gasteiger charge is -1.95. The molecule has 1 aromatic heterocycles. The summed E-state index contributed by atoms with van der Waals surface area (Å²) in [6.07, 6.45) is 1.25. The molecule has 0 aliphatic heterocycles. The molecule has 0 unspecified atom stereocenters. The van der Waals surface area contributed by atoms with Gasteiger partial charge >= 0.3 is 0 Å². The summed E-state index contributed by atoms with van der Waals surface area (Å²) in [5.41, 5.74) is -0.847. The first-order valence-corrected chi connectivity index (χ1v) is 2.94. The highest BCUT2D eigenvalue weighted by atomic mass is 16.6. The van der Waals surface area contributed by atoms with Gasteiger partial charge in [-0.3, -0.25) is 14.9 Å². The SMILES string of the molecule is O=Cc1c([N+](=O)[O-])ccnc1O. The van der Waals surface area contributed by atoms with Gasteiger partial charge in [-0.2, -0.15) is 0 Å². The third-order valence-electron chi connectivity index (χ3n) is 1.26. The molecular weight excluding hydrogens is 164 g/mol. The Morgan fingerprint density at radius 2 is 2.33 bits per heavy atom. The maximum absolute atomic E-state index is 10.2. The topological polar surface area (TPSA) is 93.3 Å². The van der Waals surface area contributed by atoms with Gasteiger partial charge in [-0.25, -0.2) is 4.98 Å². The van der Waals surface area contributed by atoms with Crippen LogP contribution in [-0.4, -0.2) is 21.3 Å². The fourth-order valence-electron chi connectivity index (χ4n) is 0.725. The first kappa shape index (κ1) is 8.12. The van der Waals surface area contributed by atoms with Gasteiger partial charge in [0.05, 0.1) is 4.92 Å². The van der Waals surface area contributed by atoms with Crippen LogP contribution in [0.2, 0.25) is 0 Å². The first-order chi connectivity index (χ1) is 5.66. The molecule has 0 amide bonds. The highest BCUT2D eigenvalue weighted by molar-refractivity contribution is 5.84. The number of hydrogen-bond acceptors (Lipinski definition) is 5. The zero-order valence-corrected chi connectivity index (χ0v) is 5.80. The number of nitro groups is 1. The van der Waals surface area contributed by atoms with Crippen LogP contribution in [0.5, 0.6) is 5.88 Å². The molecule has 0 fully saturated rings. The molecule has 0 spiro atoms. The third-order valence-corrected chi connectivity index (χ3v) is 1.26. The van der Waals surface area contributed by atoms with Crippen LogP contribution in [-0.2, 0) is 0 Å². The molecule has 6 heteroatoms. The fourth-order valence-corrected chi connectivity index (χ4v) is 0.725. The van der Waals surface area contributed by atoms with Gasteiger partial charge in [-0.15, -0.1) is 0 Å². The van der Waals surface area contributed by atoms with E-state index in [1.54, 1.807) is 0 Å². The molecule has 0 saturated carbocycles. The molecule has 1 N–H and O–H groups in total. The van der Waals surface area contributed by atoms with Crippen molar-refractivity contribution >= 4 is 12.0 Å². The minimum atomic E-state index is -0.759. The van der Waals surface area contributed by atoms with Crippen molar-refractivity contribution in [1.29, 1.82) is 0 Å². The van der Waals surface area contributed by atoms with Crippen LogP contribution in [0.4, 0.5) is 5.69 Å². The Morgan fingerprint density at radius 1 is 1.67 bits per heavy atom. The van der Waals surface area contributed by atoms with Gasteiger partial charge in [0.1, 0.15) is 0 Å². The summed E-state index contributed by atoms with van der Waals surface area (Å²) in [6, 6.07) is 1.05. The summed E-state index contributed by atoms with van der Waals surface area (Å²) in [7, 11) is 0. The van der Waals surface area contributed by atoms with E-state index in [9.17, 15) is 14.9 Å². The van der Waals surface area contributed by atoms with E-state index < -0.39 is 22.1 Å². The van der Waals surface area contributed by atoms with E-state index in [1.165, 1.54) is 0 Å². The van der Waals surface area contributed by atoms with E-state index in [1.807, 2.05) is 0 Å². The predicted octanol–water partition coefficient (Wildman–Crippen LogP) is 0.508. The standard InChI is InChI=1S/C6H4N2O4/c9-3-4-5(8(11)12)1-2-7-6(4)10/h1-3H,(H,7,10). The van der Waals surface area contributed by atoms with Crippen LogP contribution in [0.3, 0.4) is 0 Å². The van der Waals surface area contributed by atoms with E-state index in [4.69, 9.17) is 5.11 Å². The van der Waals surface area contributed by atoms with E-state index >= 15 is 0 Å². The molecule has 6 nitrogen and oxygen atoms in total. The lowest BCUT2D eigenvalue weighted by molar-refractivity contribution is -0.385. The van der Waals surface area contributed by atoms with Crippen molar-refractivity contribution < 1.29 is 14.8 Å². The second-order valence-corrected chi connectivity index (χ2v) is 1.94. The van der Waals surface area contributed by atoms with Crippen molar-refractivity contribution in [2.24, 2.45) is 0 Å². The number of rotatable bonds is 2. The number of pyridine rings is 1. The van der Waals surface area contributed by atoms with Crippen molar-refractivity contribution in [1.82, 2.24) is 4.98 Å². The van der Waals surface area contributed by atoms with E-state index in [-0.39, 0.29) is 6.29 Å². The van der Waals surface area contributed by atoms with E-state index in [0.717, 1.165) is 12.3 Å². The lowest BCUT2D eigenvalue weighted by Crippen LogP contribution is -1.95. The van der Waals surface area contributed by atoms with Crippen LogP contribution in [0.15, 0.2) is 12.3 Å². The van der Waals surface area contributed by atoms with Gasteiger partial charge in [-0.05, 0) is 0 Å². The predicted molar refractivity (Wildman–Crippen MR) is 37.9 cm³/mol. The molecule has 12 heavy (non-hydrogen) atoms. The lowest BCUT2D eigenvalue weighted by atomic mass is 10.2. The van der Waals surface area contributed by atoms with Crippen molar-refractivity contribution in [3.8, 4) is 5.88 Å². The average molecular weight is 168 g/mol. The number of aromatic hydroxyl groups is 1. The van der Waals surface area contributed by atoms with Crippen LogP contribution in [0.1, 0.15) is 10.4 Å². The van der Waals surface area contributed by atoms with Crippen LogP contribution >= 0.6 is 0 Å². The van der Waals surface area contributed by atoms with E-state index in [2.05, 4.69) is 4.98 Å². The van der Waals surface area contributed by atoms with Crippen LogP contribution in [0, 0.1) is 10.1 Å². The first-order valence-electron chi connectivity index (χ1n) is 2.94. The Labute approximate surface area is 66.6 Å². The monoisotopic (exact) mass is 168 g/mol. The molecule has 0 aliphatic carbocycles. The van der Waals surface area contributed by atoms with Crippen molar-refractivity contribution in [2.75, 3.05) is 0 Å². The van der Waals surface area contributed by atoms with Crippen LogP contribution in [0.25, 0.3) is 0 Å². The summed E-state index contributed by atoms with van der Waals surface area (Å²) < 4.78 is 0. The summed E-state index contributed by atoms with van der Waals surface area (Å²) in [4.78, 5) is 23.0. The summed E-state index contributed by atoms with van der Waals surface area (Å²) in [6.45, 7) is 0. The van der Waals surface area contributed by atoms with Gasteiger partial charge in [0.25, 0.3) is 5.69 Å². The summed E-state index contributed by atoms with van der Waals surface area (Å²) in [5, 5.41) is 19.1. The zero-order chi connectivity index (χ0) is 9.14. The molecular formula is C6H4N2O4. The second-order valence-electron chi connectivity index (χ2n) is 1.94.